The van der Waals surface area contributed by atoms with Gasteiger partial charge in [0.1, 0.15) is 12.7 Å². The minimum Gasteiger partial charge on any atom is -0.459 e. The lowest BCUT2D eigenvalue weighted by Crippen LogP contribution is -2.10. The number of carbonyl (C=O) groups excluding carboxylic acids is 1. The molecule has 0 aromatic rings. The Labute approximate surface area is 66.0 Å². The molecule has 1 atom stereocenters. The van der Waals surface area contributed by atoms with Crippen molar-refractivity contribution in [2.75, 3.05) is 13.2 Å². The van der Waals surface area contributed by atoms with E-state index in [1.54, 1.807) is 13.0 Å². The number of rotatable bonds is 3. The Morgan fingerprint density at radius 3 is 2.91 bits per heavy atom. The molecule has 3 heteroatoms. The Balaban J connectivity index is 2.19. The lowest BCUT2D eigenvalue weighted by molar-refractivity contribution is -0.139. The van der Waals surface area contributed by atoms with Gasteiger partial charge in [-0.1, -0.05) is 6.08 Å². The molecule has 1 saturated heterocycles. The molecule has 1 heterocycles. The minimum absolute atomic E-state index is 0.156. The third-order valence-corrected chi connectivity index (χ3v) is 1.56. The van der Waals surface area contributed by atoms with Gasteiger partial charge >= 0.3 is 5.97 Å². The molecule has 0 bridgehead atoms. The standard InChI is InChI=1S/C8H12O3/c1-3-6(2)8(9)11-5-7-4-10-7/h3,7H,4-5H2,1-2H3. The Hall–Kier alpha value is -0.830. The average molecular weight is 156 g/mol. The van der Waals surface area contributed by atoms with E-state index >= 15 is 0 Å². The normalized spacial score (nSPS) is 23.1. The van der Waals surface area contributed by atoms with Crippen molar-refractivity contribution in [3.63, 3.8) is 0 Å². The topological polar surface area (TPSA) is 38.8 Å². The Morgan fingerprint density at radius 1 is 1.82 bits per heavy atom. The quantitative estimate of drug-likeness (QED) is 0.346. The fourth-order valence-corrected chi connectivity index (χ4v) is 0.565. The molecule has 0 saturated carbocycles. The SMILES string of the molecule is CC=C(C)C(=O)OCC1CO1. The van der Waals surface area contributed by atoms with Crippen LogP contribution in [0.3, 0.4) is 0 Å². The second-order valence-corrected chi connectivity index (χ2v) is 2.53. The van der Waals surface area contributed by atoms with Crippen molar-refractivity contribution in [1.82, 2.24) is 0 Å². The summed E-state index contributed by atoms with van der Waals surface area (Å²) in [6.07, 6.45) is 1.89. The molecular weight excluding hydrogens is 144 g/mol. The first-order chi connectivity index (χ1) is 5.24. The van der Waals surface area contributed by atoms with Crippen molar-refractivity contribution < 1.29 is 14.3 Å². The molecule has 11 heavy (non-hydrogen) atoms. The van der Waals surface area contributed by atoms with Crippen LogP contribution in [-0.2, 0) is 14.3 Å². The smallest absolute Gasteiger partial charge is 0.333 e. The zero-order valence-corrected chi connectivity index (χ0v) is 6.79. The molecule has 0 aromatic heterocycles. The number of ether oxygens (including phenoxy) is 2. The van der Waals surface area contributed by atoms with E-state index in [0.717, 1.165) is 6.61 Å². The summed E-state index contributed by atoms with van der Waals surface area (Å²) in [5.74, 6) is -0.247. The van der Waals surface area contributed by atoms with Gasteiger partial charge < -0.3 is 9.47 Å². The van der Waals surface area contributed by atoms with Crippen LogP contribution >= 0.6 is 0 Å². The third kappa shape index (κ3) is 2.72. The highest BCUT2D eigenvalue weighted by Gasteiger charge is 2.24. The van der Waals surface area contributed by atoms with Crippen molar-refractivity contribution >= 4 is 5.97 Å². The van der Waals surface area contributed by atoms with E-state index in [9.17, 15) is 4.79 Å². The average Bonchev–Trinajstić information content (AvgIpc) is 2.81. The summed E-state index contributed by atoms with van der Waals surface area (Å²) in [4.78, 5) is 11.0. The summed E-state index contributed by atoms with van der Waals surface area (Å²) in [7, 11) is 0. The summed E-state index contributed by atoms with van der Waals surface area (Å²) in [6, 6.07) is 0. The molecule has 1 rings (SSSR count). The predicted octanol–water partition coefficient (Wildman–Crippen LogP) is 0.895. The molecule has 1 fully saturated rings. The van der Waals surface area contributed by atoms with Crippen molar-refractivity contribution in [2.45, 2.75) is 20.0 Å². The van der Waals surface area contributed by atoms with Crippen LogP contribution in [0.2, 0.25) is 0 Å². The van der Waals surface area contributed by atoms with Gasteiger partial charge in [-0.05, 0) is 13.8 Å². The predicted molar refractivity (Wildman–Crippen MR) is 40.1 cm³/mol. The highest BCUT2D eigenvalue weighted by molar-refractivity contribution is 5.87. The van der Waals surface area contributed by atoms with Gasteiger partial charge in [-0.2, -0.15) is 0 Å². The number of epoxide rings is 1. The molecular formula is C8H12O3. The zero-order valence-electron chi connectivity index (χ0n) is 6.79. The van der Waals surface area contributed by atoms with Crippen molar-refractivity contribution in [1.29, 1.82) is 0 Å². The molecule has 0 amide bonds. The van der Waals surface area contributed by atoms with Crippen LogP contribution in [-0.4, -0.2) is 25.3 Å². The number of allylic oxidation sites excluding steroid dienone is 1. The molecule has 1 aliphatic rings. The van der Waals surface area contributed by atoms with Gasteiger partial charge in [0, 0.05) is 5.57 Å². The first-order valence-electron chi connectivity index (χ1n) is 3.65. The molecule has 3 nitrogen and oxygen atoms in total. The van der Waals surface area contributed by atoms with Crippen LogP contribution in [0.25, 0.3) is 0 Å². The first-order valence-corrected chi connectivity index (χ1v) is 3.65. The zero-order chi connectivity index (χ0) is 8.27. The Kier molecular flexibility index (Phi) is 2.65. The fraction of sp³-hybridized carbons (Fsp3) is 0.625. The van der Waals surface area contributed by atoms with Crippen LogP contribution < -0.4 is 0 Å². The molecule has 0 N–H and O–H groups in total. The third-order valence-electron chi connectivity index (χ3n) is 1.56. The van der Waals surface area contributed by atoms with Gasteiger partial charge in [-0.3, -0.25) is 0 Å². The van der Waals surface area contributed by atoms with E-state index in [2.05, 4.69) is 0 Å². The first kappa shape index (κ1) is 8.27. The molecule has 0 aliphatic carbocycles. The Bertz CT molecular complexity index is 180. The van der Waals surface area contributed by atoms with E-state index in [0.29, 0.717) is 12.2 Å². The number of hydrogen-bond acceptors (Lipinski definition) is 3. The maximum absolute atomic E-state index is 11.0. The van der Waals surface area contributed by atoms with Gasteiger partial charge in [0.15, 0.2) is 0 Å². The van der Waals surface area contributed by atoms with Crippen molar-refractivity contribution in [2.24, 2.45) is 0 Å². The monoisotopic (exact) mass is 156 g/mol. The highest BCUT2D eigenvalue weighted by atomic mass is 16.6. The summed E-state index contributed by atoms with van der Waals surface area (Å²) in [5.41, 5.74) is 0.644. The van der Waals surface area contributed by atoms with Crippen LogP contribution in [0.5, 0.6) is 0 Å². The van der Waals surface area contributed by atoms with E-state index in [-0.39, 0.29) is 12.1 Å². The van der Waals surface area contributed by atoms with Crippen LogP contribution in [0.15, 0.2) is 11.6 Å². The summed E-state index contributed by atoms with van der Waals surface area (Å²) >= 11 is 0. The van der Waals surface area contributed by atoms with Gasteiger partial charge in [0.2, 0.25) is 0 Å². The van der Waals surface area contributed by atoms with E-state index < -0.39 is 0 Å². The lowest BCUT2D eigenvalue weighted by Gasteiger charge is -2.00. The largest absolute Gasteiger partial charge is 0.459 e. The molecule has 62 valence electrons. The van der Waals surface area contributed by atoms with Gasteiger partial charge in [-0.15, -0.1) is 0 Å². The molecule has 0 spiro atoms. The van der Waals surface area contributed by atoms with Crippen LogP contribution in [0.1, 0.15) is 13.8 Å². The van der Waals surface area contributed by atoms with Crippen molar-refractivity contribution in [3.8, 4) is 0 Å². The maximum Gasteiger partial charge on any atom is 0.333 e. The van der Waals surface area contributed by atoms with Crippen LogP contribution in [0, 0.1) is 0 Å². The maximum atomic E-state index is 11.0. The molecule has 0 aromatic carbocycles. The minimum atomic E-state index is -0.247. The summed E-state index contributed by atoms with van der Waals surface area (Å²) in [5, 5.41) is 0. The second-order valence-electron chi connectivity index (χ2n) is 2.53. The second kappa shape index (κ2) is 3.53. The Morgan fingerprint density at radius 2 is 2.45 bits per heavy atom. The van der Waals surface area contributed by atoms with Gasteiger partial charge in [0.05, 0.1) is 6.61 Å². The van der Waals surface area contributed by atoms with Gasteiger partial charge in [-0.25, -0.2) is 4.79 Å². The van der Waals surface area contributed by atoms with E-state index in [4.69, 9.17) is 9.47 Å². The van der Waals surface area contributed by atoms with Crippen LogP contribution in [0.4, 0.5) is 0 Å². The molecule has 0 radical (unpaired) electrons. The van der Waals surface area contributed by atoms with E-state index in [1.807, 2.05) is 6.92 Å². The molecule has 1 aliphatic heterocycles. The highest BCUT2D eigenvalue weighted by Crippen LogP contribution is 2.09. The number of hydrogen-bond donors (Lipinski definition) is 0. The van der Waals surface area contributed by atoms with E-state index in [1.165, 1.54) is 0 Å². The number of esters is 1. The van der Waals surface area contributed by atoms with Crippen molar-refractivity contribution in [3.05, 3.63) is 11.6 Å². The summed E-state index contributed by atoms with van der Waals surface area (Å²) in [6.45, 7) is 4.66. The van der Waals surface area contributed by atoms with Gasteiger partial charge in [0.25, 0.3) is 0 Å². The fourth-order valence-electron chi connectivity index (χ4n) is 0.565. The molecule has 1 unspecified atom stereocenters. The lowest BCUT2D eigenvalue weighted by atomic mass is 10.3. The number of carbonyl (C=O) groups is 1. The summed E-state index contributed by atoms with van der Waals surface area (Å²) < 4.78 is 9.76.